The van der Waals surface area contributed by atoms with Gasteiger partial charge in [-0.1, -0.05) is 34.1 Å². The quantitative estimate of drug-likeness (QED) is 0.819. The van der Waals surface area contributed by atoms with Gasteiger partial charge < -0.3 is 5.32 Å². The Bertz CT molecular complexity index is 304. The van der Waals surface area contributed by atoms with Crippen LogP contribution in [0.1, 0.15) is 12.0 Å². The maximum Gasteiger partial charge on any atom is 0.0635 e. The third-order valence-electron chi connectivity index (χ3n) is 1.69. The highest BCUT2D eigenvalue weighted by atomic mass is 79.9. The predicted octanol–water partition coefficient (Wildman–Crippen LogP) is 2.45. The minimum atomic E-state index is 0.560. The van der Waals surface area contributed by atoms with Crippen LogP contribution in [0.2, 0.25) is 0 Å². The molecule has 68 valence electrons. The normalized spacial score (nSPS) is 9.54. The molecule has 1 aromatic rings. The number of nitrogens with one attached hydrogen (secondary N) is 1. The van der Waals surface area contributed by atoms with E-state index in [4.69, 9.17) is 5.26 Å². The zero-order valence-electron chi connectivity index (χ0n) is 7.26. The van der Waals surface area contributed by atoms with Crippen LogP contribution in [0.3, 0.4) is 0 Å². The fourth-order valence-electron chi connectivity index (χ4n) is 1.01. The summed E-state index contributed by atoms with van der Waals surface area (Å²) in [5.74, 6) is 0. The van der Waals surface area contributed by atoms with E-state index in [2.05, 4.69) is 33.4 Å². The molecule has 0 amide bonds. The highest BCUT2D eigenvalue weighted by molar-refractivity contribution is 9.10. The van der Waals surface area contributed by atoms with Crippen molar-refractivity contribution in [3.8, 4) is 6.07 Å². The van der Waals surface area contributed by atoms with Crippen molar-refractivity contribution < 1.29 is 0 Å². The zero-order chi connectivity index (χ0) is 9.52. The summed E-state index contributed by atoms with van der Waals surface area (Å²) in [5.41, 5.74) is 1.22. The molecular formula is C10H11BrN2. The van der Waals surface area contributed by atoms with Crippen LogP contribution in [0.25, 0.3) is 0 Å². The van der Waals surface area contributed by atoms with E-state index < -0.39 is 0 Å². The van der Waals surface area contributed by atoms with E-state index in [0.717, 1.165) is 17.6 Å². The predicted molar refractivity (Wildman–Crippen MR) is 56.1 cm³/mol. The van der Waals surface area contributed by atoms with Gasteiger partial charge in [-0.15, -0.1) is 0 Å². The lowest BCUT2D eigenvalue weighted by Crippen LogP contribution is -2.14. The second-order valence-electron chi connectivity index (χ2n) is 2.68. The topological polar surface area (TPSA) is 35.8 Å². The maximum atomic E-state index is 8.32. The Morgan fingerprint density at radius 3 is 2.85 bits per heavy atom. The van der Waals surface area contributed by atoms with Gasteiger partial charge in [0.2, 0.25) is 0 Å². The monoisotopic (exact) mass is 238 g/mol. The first kappa shape index (κ1) is 10.2. The molecule has 1 aromatic carbocycles. The molecular weight excluding hydrogens is 228 g/mol. The summed E-state index contributed by atoms with van der Waals surface area (Å²) in [6.45, 7) is 1.56. The maximum absolute atomic E-state index is 8.32. The minimum absolute atomic E-state index is 0.560. The molecule has 13 heavy (non-hydrogen) atoms. The summed E-state index contributed by atoms with van der Waals surface area (Å²) in [7, 11) is 0. The van der Waals surface area contributed by atoms with Crippen molar-refractivity contribution in [2.45, 2.75) is 13.0 Å². The number of hydrogen-bond donors (Lipinski definition) is 1. The Labute approximate surface area is 86.7 Å². The van der Waals surface area contributed by atoms with Gasteiger partial charge in [0, 0.05) is 24.0 Å². The van der Waals surface area contributed by atoms with Crippen molar-refractivity contribution in [2.24, 2.45) is 0 Å². The molecule has 0 aliphatic rings. The lowest BCUT2D eigenvalue weighted by Gasteiger charge is -2.04. The Balaban J connectivity index is 2.37. The van der Waals surface area contributed by atoms with Gasteiger partial charge in [0.05, 0.1) is 6.07 Å². The fourth-order valence-corrected chi connectivity index (χ4v) is 1.43. The Hall–Kier alpha value is -0.850. The molecule has 0 radical (unpaired) electrons. The van der Waals surface area contributed by atoms with Gasteiger partial charge in [-0.25, -0.2) is 0 Å². The second kappa shape index (κ2) is 5.74. The lowest BCUT2D eigenvalue weighted by atomic mass is 10.2. The van der Waals surface area contributed by atoms with Crippen LogP contribution < -0.4 is 5.32 Å². The van der Waals surface area contributed by atoms with Gasteiger partial charge in [0.25, 0.3) is 0 Å². The zero-order valence-corrected chi connectivity index (χ0v) is 8.84. The first-order valence-corrected chi connectivity index (χ1v) is 4.95. The number of rotatable bonds is 4. The highest BCUT2D eigenvalue weighted by Gasteiger charge is 1.96. The molecule has 0 fully saturated rings. The molecule has 0 aromatic heterocycles. The standard InChI is InChI=1S/C10H11BrN2/c11-10-5-2-1-4-9(10)8-13-7-3-6-12/h1-2,4-5,13H,3,7-8H2. The first-order chi connectivity index (χ1) is 6.34. The molecule has 3 heteroatoms. The fraction of sp³-hybridized carbons (Fsp3) is 0.300. The summed E-state index contributed by atoms with van der Waals surface area (Å²) < 4.78 is 1.11. The number of nitriles is 1. The summed E-state index contributed by atoms with van der Waals surface area (Å²) in [4.78, 5) is 0. The summed E-state index contributed by atoms with van der Waals surface area (Å²) in [6.07, 6.45) is 0.560. The molecule has 0 heterocycles. The number of benzene rings is 1. The molecule has 0 aliphatic carbocycles. The summed E-state index contributed by atoms with van der Waals surface area (Å²) in [5, 5.41) is 11.5. The van der Waals surface area contributed by atoms with Crippen molar-refractivity contribution in [1.82, 2.24) is 5.32 Å². The average Bonchev–Trinajstić information content (AvgIpc) is 2.15. The molecule has 0 aliphatic heterocycles. The summed E-state index contributed by atoms with van der Waals surface area (Å²) in [6, 6.07) is 10.2. The van der Waals surface area contributed by atoms with Gasteiger partial charge in [-0.3, -0.25) is 0 Å². The lowest BCUT2D eigenvalue weighted by molar-refractivity contribution is 0.697. The smallest absolute Gasteiger partial charge is 0.0635 e. The molecule has 1 N–H and O–H groups in total. The number of hydrogen-bond acceptors (Lipinski definition) is 2. The van der Waals surface area contributed by atoms with Crippen molar-refractivity contribution in [1.29, 1.82) is 5.26 Å². The summed E-state index contributed by atoms with van der Waals surface area (Å²) >= 11 is 3.46. The number of halogens is 1. The van der Waals surface area contributed by atoms with E-state index in [1.807, 2.05) is 18.2 Å². The van der Waals surface area contributed by atoms with Crippen molar-refractivity contribution in [3.05, 3.63) is 34.3 Å². The third-order valence-corrected chi connectivity index (χ3v) is 2.46. The molecule has 2 nitrogen and oxygen atoms in total. The van der Waals surface area contributed by atoms with E-state index in [9.17, 15) is 0 Å². The largest absolute Gasteiger partial charge is 0.312 e. The van der Waals surface area contributed by atoms with Crippen LogP contribution >= 0.6 is 15.9 Å². The van der Waals surface area contributed by atoms with Crippen molar-refractivity contribution in [2.75, 3.05) is 6.54 Å². The first-order valence-electron chi connectivity index (χ1n) is 4.15. The van der Waals surface area contributed by atoms with E-state index in [1.165, 1.54) is 5.56 Å². The molecule has 0 saturated carbocycles. The van der Waals surface area contributed by atoms with E-state index in [0.29, 0.717) is 6.42 Å². The van der Waals surface area contributed by atoms with Crippen LogP contribution in [-0.2, 0) is 6.54 Å². The van der Waals surface area contributed by atoms with Crippen LogP contribution in [0.4, 0.5) is 0 Å². The second-order valence-corrected chi connectivity index (χ2v) is 3.53. The van der Waals surface area contributed by atoms with Gasteiger partial charge >= 0.3 is 0 Å². The van der Waals surface area contributed by atoms with Crippen LogP contribution in [0.5, 0.6) is 0 Å². The molecule has 1 rings (SSSR count). The van der Waals surface area contributed by atoms with E-state index in [-0.39, 0.29) is 0 Å². The SMILES string of the molecule is N#CCCNCc1ccccc1Br. The molecule has 0 bridgehead atoms. The van der Waals surface area contributed by atoms with Crippen LogP contribution in [-0.4, -0.2) is 6.54 Å². The van der Waals surface area contributed by atoms with Gasteiger partial charge in [0.1, 0.15) is 0 Å². The molecule has 0 unspecified atom stereocenters. The van der Waals surface area contributed by atoms with Crippen molar-refractivity contribution in [3.63, 3.8) is 0 Å². The Kier molecular flexibility index (Phi) is 4.52. The van der Waals surface area contributed by atoms with Gasteiger partial charge in [0.15, 0.2) is 0 Å². The number of nitrogens with zero attached hydrogens (tertiary/aromatic N) is 1. The molecule has 0 spiro atoms. The van der Waals surface area contributed by atoms with Crippen LogP contribution in [0, 0.1) is 11.3 Å². The van der Waals surface area contributed by atoms with E-state index >= 15 is 0 Å². The minimum Gasteiger partial charge on any atom is -0.312 e. The average molecular weight is 239 g/mol. The van der Waals surface area contributed by atoms with Crippen LogP contribution in [0.15, 0.2) is 28.7 Å². The highest BCUT2D eigenvalue weighted by Crippen LogP contribution is 2.14. The Morgan fingerprint density at radius 1 is 1.38 bits per heavy atom. The molecule has 0 atom stereocenters. The molecule has 0 saturated heterocycles. The van der Waals surface area contributed by atoms with Gasteiger partial charge in [-0.05, 0) is 11.6 Å². The van der Waals surface area contributed by atoms with Crippen molar-refractivity contribution >= 4 is 15.9 Å². The third kappa shape index (κ3) is 3.58. The van der Waals surface area contributed by atoms with Gasteiger partial charge in [-0.2, -0.15) is 5.26 Å². The van der Waals surface area contributed by atoms with E-state index in [1.54, 1.807) is 0 Å². The Morgan fingerprint density at radius 2 is 2.15 bits per heavy atom.